The number of rotatable bonds is 3. The molecule has 2 aromatic heterocycles. The number of hydrogen-bond acceptors (Lipinski definition) is 5. The number of nitriles is 1. The number of nitrogens with zero attached hydrogens (tertiary/aromatic N) is 6. The van der Waals surface area contributed by atoms with Gasteiger partial charge in [-0.15, -0.1) is 0 Å². The zero-order chi connectivity index (χ0) is 18.1. The first-order chi connectivity index (χ1) is 12.6. The van der Waals surface area contributed by atoms with Crippen LogP contribution in [0.25, 0.3) is 11.0 Å². The zero-order valence-corrected chi connectivity index (χ0v) is 14.7. The van der Waals surface area contributed by atoms with Gasteiger partial charge in [-0.25, -0.2) is 19.3 Å². The molecule has 0 N–H and O–H groups in total. The van der Waals surface area contributed by atoms with E-state index in [0.29, 0.717) is 48.9 Å². The van der Waals surface area contributed by atoms with Gasteiger partial charge in [0.2, 0.25) is 5.95 Å². The van der Waals surface area contributed by atoms with Crippen molar-refractivity contribution < 1.29 is 4.39 Å². The molecule has 3 heterocycles. The Morgan fingerprint density at radius 1 is 1.23 bits per heavy atom. The summed E-state index contributed by atoms with van der Waals surface area (Å²) in [6.07, 6.45) is 3.33. The average molecular weight is 371 g/mol. The second-order valence-electron chi connectivity index (χ2n) is 6.29. The smallest absolute Gasteiger partial charge is 0.206 e. The molecule has 0 saturated carbocycles. The van der Waals surface area contributed by atoms with E-state index in [9.17, 15) is 9.65 Å². The molecule has 1 aliphatic rings. The lowest BCUT2D eigenvalue weighted by Crippen LogP contribution is -2.36. The fourth-order valence-electron chi connectivity index (χ4n) is 3.19. The van der Waals surface area contributed by atoms with Gasteiger partial charge in [0.25, 0.3) is 0 Å². The number of piperidine rings is 1. The predicted molar refractivity (Wildman–Crippen MR) is 96.9 cm³/mol. The second kappa shape index (κ2) is 6.89. The van der Waals surface area contributed by atoms with Crippen molar-refractivity contribution in [3.05, 3.63) is 47.0 Å². The van der Waals surface area contributed by atoms with E-state index in [-0.39, 0.29) is 0 Å². The van der Waals surface area contributed by atoms with E-state index in [1.165, 1.54) is 0 Å². The normalized spacial score (nSPS) is 15.3. The third kappa shape index (κ3) is 3.20. The van der Waals surface area contributed by atoms with Crippen LogP contribution in [0.4, 0.5) is 10.3 Å². The van der Waals surface area contributed by atoms with Gasteiger partial charge in [-0.3, -0.25) is 0 Å². The van der Waals surface area contributed by atoms with Gasteiger partial charge >= 0.3 is 0 Å². The van der Waals surface area contributed by atoms with E-state index in [2.05, 4.69) is 20.9 Å². The summed E-state index contributed by atoms with van der Waals surface area (Å²) < 4.78 is 15.5. The molecule has 0 aliphatic carbocycles. The van der Waals surface area contributed by atoms with Crippen molar-refractivity contribution in [1.82, 2.24) is 19.5 Å². The van der Waals surface area contributed by atoms with Crippen LogP contribution in [-0.4, -0.2) is 38.8 Å². The number of alkyl halides is 1. The molecule has 0 radical (unpaired) electrons. The number of anilines is 1. The fraction of sp³-hybridized carbons (Fsp3) is 0.333. The van der Waals surface area contributed by atoms with E-state index < -0.39 is 6.17 Å². The molecule has 1 fully saturated rings. The molecule has 1 saturated heterocycles. The predicted octanol–water partition coefficient (Wildman–Crippen LogP) is 3.34. The summed E-state index contributed by atoms with van der Waals surface area (Å²) >= 11 is 5.87. The molecule has 0 amide bonds. The molecule has 26 heavy (non-hydrogen) atoms. The minimum absolute atomic E-state index is 0.396. The number of hydrogen-bond donors (Lipinski definition) is 0. The Kier molecular flexibility index (Phi) is 4.43. The summed E-state index contributed by atoms with van der Waals surface area (Å²) in [6.45, 7) is 1.61. The van der Waals surface area contributed by atoms with Crippen LogP contribution in [0, 0.1) is 11.3 Å². The third-order valence-corrected chi connectivity index (χ3v) is 4.73. The molecular weight excluding hydrogens is 355 g/mol. The van der Waals surface area contributed by atoms with Gasteiger partial charge < -0.3 is 9.47 Å². The van der Waals surface area contributed by atoms with Crippen molar-refractivity contribution in [2.75, 3.05) is 18.0 Å². The number of imidazole rings is 1. The maximum absolute atomic E-state index is 13.5. The highest BCUT2D eigenvalue weighted by atomic mass is 35.5. The first-order valence-electron chi connectivity index (χ1n) is 8.40. The van der Waals surface area contributed by atoms with Gasteiger partial charge in [0, 0.05) is 25.5 Å². The van der Waals surface area contributed by atoms with E-state index in [1.54, 1.807) is 18.5 Å². The topological polar surface area (TPSA) is 70.6 Å². The Hall–Kier alpha value is -2.72. The number of aromatic nitrogens is 4. The molecule has 3 aromatic rings. The Labute approximate surface area is 154 Å². The molecule has 1 aromatic carbocycles. The quantitative estimate of drug-likeness (QED) is 0.707. The number of benzene rings is 1. The molecule has 4 rings (SSSR count). The molecule has 0 spiro atoms. The van der Waals surface area contributed by atoms with Crippen LogP contribution in [-0.2, 0) is 6.54 Å². The van der Waals surface area contributed by atoms with Crippen molar-refractivity contribution in [2.45, 2.75) is 25.6 Å². The first kappa shape index (κ1) is 16.7. The van der Waals surface area contributed by atoms with Crippen molar-refractivity contribution >= 4 is 28.6 Å². The third-order valence-electron chi connectivity index (χ3n) is 4.54. The summed E-state index contributed by atoms with van der Waals surface area (Å²) in [5.41, 5.74) is 2.18. The molecule has 1 aliphatic heterocycles. The van der Waals surface area contributed by atoms with Crippen molar-refractivity contribution in [3.8, 4) is 6.07 Å². The first-order valence-corrected chi connectivity index (χ1v) is 8.77. The van der Waals surface area contributed by atoms with E-state index >= 15 is 0 Å². The van der Waals surface area contributed by atoms with Crippen molar-refractivity contribution in [1.29, 1.82) is 5.26 Å². The van der Waals surface area contributed by atoms with E-state index in [0.717, 1.165) is 17.0 Å². The summed E-state index contributed by atoms with van der Waals surface area (Å²) in [4.78, 5) is 15.3. The van der Waals surface area contributed by atoms with Crippen molar-refractivity contribution in [3.63, 3.8) is 0 Å². The molecule has 6 nitrogen and oxygen atoms in total. The van der Waals surface area contributed by atoms with Crippen LogP contribution in [0.2, 0.25) is 5.02 Å². The Bertz CT molecular complexity index is 970. The minimum atomic E-state index is -0.756. The average Bonchev–Trinajstić information content (AvgIpc) is 3.02. The largest absolute Gasteiger partial charge is 0.342 e. The Morgan fingerprint density at radius 2 is 1.96 bits per heavy atom. The number of halogens is 2. The second-order valence-corrected chi connectivity index (χ2v) is 6.73. The molecular formula is C18H16ClFN6. The Morgan fingerprint density at radius 3 is 2.65 bits per heavy atom. The van der Waals surface area contributed by atoms with Crippen molar-refractivity contribution in [2.24, 2.45) is 0 Å². The Balaban J connectivity index is 1.79. The van der Waals surface area contributed by atoms with Crippen LogP contribution in [0.5, 0.6) is 0 Å². The van der Waals surface area contributed by atoms with Gasteiger partial charge in [-0.1, -0.05) is 11.6 Å². The summed E-state index contributed by atoms with van der Waals surface area (Å²) in [7, 11) is 0. The fourth-order valence-corrected chi connectivity index (χ4v) is 3.28. The lowest BCUT2D eigenvalue weighted by Gasteiger charge is -2.29. The standard InChI is InChI=1S/C18H16ClFN6/c19-13-9-22-17(23-10-13)11-26-16-7-12(8-21)1-2-15(16)24-18(26)25-5-3-14(20)4-6-25/h1-2,7,9-10,14H,3-6,11H2. The zero-order valence-electron chi connectivity index (χ0n) is 13.9. The summed E-state index contributed by atoms with van der Waals surface area (Å²) in [5.74, 6) is 1.35. The van der Waals surface area contributed by atoms with E-state index in [4.69, 9.17) is 16.6 Å². The monoisotopic (exact) mass is 370 g/mol. The summed E-state index contributed by atoms with van der Waals surface area (Å²) in [6, 6.07) is 7.55. The van der Waals surface area contributed by atoms with E-state index in [1.807, 2.05) is 16.7 Å². The van der Waals surface area contributed by atoms with Gasteiger partial charge in [-0.2, -0.15) is 5.26 Å². The lowest BCUT2D eigenvalue weighted by molar-refractivity contribution is 0.275. The summed E-state index contributed by atoms with van der Waals surface area (Å²) in [5, 5.41) is 9.70. The van der Waals surface area contributed by atoms with Crippen LogP contribution in [0.15, 0.2) is 30.6 Å². The molecule has 0 bridgehead atoms. The maximum atomic E-state index is 13.5. The highest BCUT2D eigenvalue weighted by Crippen LogP contribution is 2.27. The molecule has 0 unspecified atom stereocenters. The number of fused-ring (bicyclic) bond motifs is 1. The van der Waals surface area contributed by atoms with Gasteiger partial charge in [0.15, 0.2) is 0 Å². The van der Waals surface area contributed by atoms with Crippen LogP contribution < -0.4 is 4.90 Å². The molecule has 0 atom stereocenters. The SMILES string of the molecule is N#Cc1ccc2nc(N3CCC(F)CC3)n(Cc3ncc(Cl)cn3)c2c1. The van der Waals surface area contributed by atoms with Gasteiger partial charge in [0.1, 0.15) is 12.0 Å². The maximum Gasteiger partial charge on any atom is 0.206 e. The minimum Gasteiger partial charge on any atom is -0.342 e. The lowest BCUT2D eigenvalue weighted by atomic mass is 10.1. The van der Waals surface area contributed by atoms with Gasteiger partial charge in [-0.05, 0) is 31.0 Å². The highest BCUT2D eigenvalue weighted by molar-refractivity contribution is 6.30. The van der Waals surface area contributed by atoms with Crippen LogP contribution in [0.1, 0.15) is 24.2 Å². The highest BCUT2D eigenvalue weighted by Gasteiger charge is 2.24. The molecule has 132 valence electrons. The molecule has 8 heteroatoms. The van der Waals surface area contributed by atoms with Gasteiger partial charge in [0.05, 0.1) is 34.2 Å². The van der Waals surface area contributed by atoms with Crippen LogP contribution in [0.3, 0.4) is 0 Å². The van der Waals surface area contributed by atoms with Crippen LogP contribution >= 0.6 is 11.6 Å².